The zero-order chi connectivity index (χ0) is 17.3. The summed E-state index contributed by atoms with van der Waals surface area (Å²) in [7, 11) is 0. The third-order valence-corrected chi connectivity index (χ3v) is 5.04. The van der Waals surface area contributed by atoms with Crippen LogP contribution in [-0.2, 0) is 16.1 Å². The molecule has 128 valence electrons. The summed E-state index contributed by atoms with van der Waals surface area (Å²) in [5.41, 5.74) is -0.216. The van der Waals surface area contributed by atoms with Crippen molar-refractivity contribution in [2.45, 2.75) is 51.1 Å². The molecule has 1 amide bonds. The molecule has 2 saturated carbocycles. The molecular formula is C17H20N2O5. The Morgan fingerprint density at radius 3 is 2.54 bits per heavy atom. The van der Waals surface area contributed by atoms with E-state index in [2.05, 4.69) is 0 Å². The van der Waals surface area contributed by atoms with Crippen LogP contribution in [0.15, 0.2) is 24.3 Å². The molecule has 0 saturated heterocycles. The van der Waals surface area contributed by atoms with Gasteiger partial charge in [0.15, 0.2) is 0 Å². The number of rotatable bonds is 7. The van der Waals surface area contributed by atoms with Gasteiger partial charge < -0.3 is 10.0 Å². The van der Waals surface area contributed by atoms with Crippen LogP contribution in [0.3, 0.4) is 0 Å². The van der Waals surface area contributed by atoms with E-state index in [4.69, 9.17) is 0 Å². The average molecular weight is 332 g/mol. The van der Waals surface area contributed by atoms with Gasteiger partial charge in [0.05, 0.1) is 10.3 Å². The van der Waals surface area contributed by atoms with Gasteiger partial charge in [-0.2, -0.15) is 0 Å². The fourth-order valence-electron chi connectivity index (χ4n) is 3.23. The van der Waals surface area contributed by atoms with Crippen LogP contribution in [0.4, 0.5) is 5.69 Å². The van der Waals surface area contributed by atoms with Crippen LogP contribution in [0, 0.1) is 15.5 Å². The number of carboxylic acid groups (broad SMARTS) is 1. The van der Waals surface area contributed by atoms with Gasteiger partial charge in [0.2, 0.25) is 5.91 Å². The summed E-state index contributed by atoms with van der Waals surface area (Å²) in [6.45, 7) is 0.293. The molecule has 0 aliphatic heterocycles. The lowest BCUT2D eigenvalue weighted by Gasteiger charge is -2.38. The lowest BCUT2D eigenvalue weighted by Crippen LogP contribution is -2.44. The molecular weight excluding hydrogens is 312 g/mol. The monoisotopic (exact) mass is 332 g/mol. The maximum atomic E-state index is 12.7. The van der Waals surface area contributed by atoms with Crippen molar-refractivity contribution in [2.75, 3.05) is 0 Å². The third kappa shape index (κ3) is 3.25. The van der Waals surface area contributed by atoms with E-state index in [1.165, 1.54) is 12.1 Å². The van der Waals surface area contributed by atoms with Crippen molar-refractivity contribution in [2.24, 2.45) is 5.41 Å². The molecule has 0 radical (unpaired) electrons. The van der Waals surface area contributed by atoms with Crippen molar-refractivity contribution < 1.29 is 19.6 Å². The summed E-state index contributed by atoms with van der Waals surface area (Å²) in [5, 5.41) is 20.3. The van der Waals surface area contributed by atoms with Gasteiger partial charge in [0.1, 0.15) is 0 Å². The molecule has 0 heterocycles. The number of aliphatic carboxylic acids is 1. The molecule has 0 unspecified atom stereocenters. The topological polar surface area (TPSA) is 101 Å². The normalized spacial score (nSPS) is 18.5. The lowest BCUT2D eigenvalue weighted by molar-refractivity contribution is -0.384. The Balaban J connectivity index is 1.73. The second kappa shape index (κ2) is 6.22. The van der Waals surface area contributed by atoms with E-state index in [9.17, 15) is 24.8 Å². The van der Waals surface area contributed by atoms with Crippen LogP contribution in [0.5, 0.6) is 0 Å². The Labute approximate surface area is 139 Å². The number of hydrogen-bond acceptors (Lipinski definition) is 4. The van der Waals surface area contributed by atoms with Crippen molar-refractivity contribution in [3.05, 3.63) is 39.9 Å². The molecule has 24 heavy (non-hydrogen) atoms. The first-order valence-corrected chi connectivity index (χ1v) is 8.17. The Morgan fingerprint density at radius 1 is 1.33 bits per heavy atom. The molecule has 1 aromatic carbocycles. The highest BCUT2D eigenvalue weighted by Gasteiger charge is 2.47. The highest BCUT2D eigenvalue weighted by atomic mass is 16.6. The summed E-state index contributed by atoms with van der Waals surface area (Å²) in [4.78, 5) is 36.3. The van der Waals surface area contributed by atoms with Crippen LogP contribution in [-0.4, -0.2) is 32.8 Å². The summed E-state index contributed by atoms with van der Waals surface area (Å²) in [6, 6.07) is 6.38. The maximum Gasteiger partial charge on any atom is 0.310 e. The summed E-state index contributed by atoms with van der Waals surface area (Å²) < 4.78 is 0. The minimum atomic E-state index is -0.910. The first kappa shape index (κ1) is 16.4. The summed E-state index contributed by atoms with van der Waals surface area (Å²) in [6.07, 6.45) is 3.76. The fraction of sp³-hybridized carbons (Fsp3) is 0.529. The smallest absolute Gasteiger partial charge is 0.310 e. The number of benzene rings is 1. The fourth-order valence-corrected chi connectivity index (χ4v) is 3.23. The van der Waals surface area contributed by atoms with Gasteiger partial charge in [-0.3, -0.25) is 19.7 Å². The Kier molecular flexibility index (Phi) is 4.26. The number of nitro benzene ring substituents is 1. The molecule has 2 fully saturated rings. The number of carbonyl (C=O) groups is 2. The van der Waals surface area contributed by atoms with Crippen molar-refractivity contribution >= 4 is 17.6 Å². The number of nitrogens with zero attached hydrogens (tertiary/aromatic N) is 2. The van der Waals surface area contributed by atoms with Crippen molar-refractivity contribution in [3.8, 4) is 0 Å². The average Bonchev–Trinajstić information content (AvgIpc) is 3.32. The van der Waals surface area contributed by atoms with Gasteiger partial charge in [-0.1, -0.05) is 18.6 Å². The standard InChI is InChI=1S/C17H20N2O5/c20-15(10-17(16(21)22)7-2-8-17)18(13-5-6-13)11-12-3-1-4-14(9-12)19(23)24/h1,3-4,9,13H,2,5-8,10-11H2,(H,21,22). The number of nitro groups is 1. The molecule has 1 aromatic rings. The van der Waals surface area contributed by atoms with Gasteiger partial charge in [-0.25, -0.2) is 0 Å². The third-order valence-electron chi connectivity index (χ3n) is 5.04. The van der Waals surface area contributed by atoms with Crippen LogP contribution in [0.1, 0.15) is 44.1 Å². The van der Waals surface area contributed by atoms with Gasteiger partial charge in [0, 0.05) is 31.1 Å². The van der Waals surface area contributed by atoms with Gasteiger partial charge in [-0.15, -0.1) is 0 Å². The predicted molar refractivity (Wildman–Crippen MR) is 85.2 cm³/mol. The van der Waals surface area contributed by atoms with Crippen molar-refractivity contribution in [1.29, 1.82) is 0 Å². The molecule has 2 aliphatic carbocycles. The molecule has 7 heteroatoms. The van der Waals surface area contributed by atoms with E-state index in [1.807, 2.05) is 0 Å². The van der Waals surface area contributed by atoms with Crippen LogP contribution in [0.25, 0.3) is 0 Å². The quantitative estimate of drug-likeness (QED) is 0.611. The van der Waals surface area contributed by atoms with Gasteiger partial charge >= 0.3 is 5.97 Å². The van der Waals surface area contributed by atoms with Crippen molar-refractivity contribution in [1.82, 2.24) is 4.90 Å². The largest absolute Gasteiger partial charge is 0.481 e. The molecule has 0 spiro atoms. The second-order valence-corrected chi connectivity index (χ2v) is 6.80. The molecule has 0 aromatic heterocycles. The number of amides is 1. The number of carboxylic acids is 1. The van der Waals surface area contributed by atoms with E-state index in [0.29, 0.717) is 24.9 Å². The number of carbonyl (C=O) groups excluding carboxylic acids is 1. The highest BCUT2D eigenvalue weighted by Crippen LogP contribution is 2.45. The molecule has 7 nitrogen and oxygen atoms in total. The Morgan fingerprint density at radius 2 is 2.04 bits per heavy atom. The molecule has 0 atom stereocenters. The van der Waals surface area contributed by atoms with Crippen LogP contribution >= 0.6 is 0 Å². The van der Waals surface area contributed by atoms with E-state index < -0.39 is 16.3 Å². The van der Waals surface area contributed by atoms with E-state index in [1.54, 1.807) is 17.0 Å². The lowest BCUT2D eigenvalue weighted by atomic mass is 9.66. The predicted octanol–water partition coefficient (Wildman–Crippen LogP) is 2.73. The maximum absolute atomic E-state index is 12.7. The number of non-ortho nitro benzene ring substituents is 1. The SMILES string of the molecule is O=C(CC1(C(=O)O)CCC1)N(Cc1cccc([N+](=O)[O-])c1)C1CC1. The molecule has 0 bridgehead atoms. The Bertz CT molecular complexity index is 679. The minimum absolute atomic E-state index is 0.00306. The molecule has 3 rings (SSSR count). The number of hydrogen-bond donors (Lipinski definition) is 1. The van der Waals surface area contributed by atoms with Gasteiger partial charge in [-0.05, 0) is 31.2 Å². The van der Waals surface area contributed by atoms with Gasteiger partial charge in [0.25, 0.3) is 5.69 Å². The summed E-state index contributed by atoms with van der Waals surface area (Å²) >= 11 is 0. The molecule has 1 N–H and O–H groups in total. The zero-order valence-corrected chi connectivity index (χ0v) is 13.3. The Hall–Kier alpha value is -2.44. The van der Waals surface area contributed by atoms with E-state index in [0.717, 1.165) is 19.3 Å². The highest BCUT2D eigenvalue weighted by molar-refractivity contribution is 5.86. The minimum Gasteiger partial charge on any atom is -0.481 e. The molecule has 2 aliphatic rings. The van der Waals surface area contributed by atoms with Crippen LogP contribution < -0.4 is 0 Å². The van der Waals surface area contributed by atoms with E-state index >= 15 is 0 Å². The van der Waals surface area contributed by atoms with Crippen molar-refractivity contribution in [3.63, 3.8) is 0 Å². The first-order valence-electron chi connectivity index (χ1n) is 8.17. The first-order chi connectivity index (χ1) is 11.4. The second-order valence-electron chi connectivity index (χ2n) is 6.80. The van der Waals surface area contributed by atoms with Crippen LogP contribution in [0.2, 0.25) is 0 Å². The zero-order valence-electron chi connectivity index (χ0n) is 13.3. The summed E-state index contributed by atoms with van der Waals surface area (Å²) in [5.74, 6) is -1.06. The van der Waals surface area contributed by atoms with E-state index in [-0.39, 0.29) is 24.1 Å².